The van der Waals surface area contributed by atoms with Gasteiger partial charge < -0.3 is 9.80 Å². The second-order valence-corrected chi connectivity index (χ2v) is 8.17. The lowest BCUT2D eigenvalue weighted by molar-refractivity contribution is 0.0637. The number of carbonyl (C=O) groups is 1. The fourth-order valence-electron chi connectivity index (χ4n) is 3.93. The molecule has 0 spiro atoms. The lowest BCUT2D eigenvalue weighted by Gasteiger charge is -2.36. The highest BCUT2D eigenvalue weighted by Crippen LogP contribution is 2.23. The van der Waals surface area contributed by atoms with Gasteiger partial charge in [-0.2, -0.15) is 5.10 Å². The number of nitrogens with zero attached hydrogens (tertiary/aromatic N) is 4. The van der Waals surface area contributed by atoms with Gasteiger partial charge in [-0.05, 0) is 43.2 Å². The van der Waals surface area contributed by atoms with Crippen LogP contribution in [0.2, 0.25) is 5.02 Å². The van der Waals surface area contributed by atoms with Crippen molar-refractivity contribution in [1.29, 1.82) is 0 Å². The number of amides is 1. The fourth-order valence-corrected chi connectivity index (χ4v) is 4.12. The minimum Gasteiger partial charge on any atom is -0.337 e. The number of hydrogen-bond donors (Lipinski definition) is 1. The number of nitrogens with one attached hydrogen (secondary N) is 1. The smallest absolute Gasteiger partial charge is 0.271 e. The minimum absolute atomic E-state index is 0.0253. The van der Waals surface area contributed by atoms with Crippen molar-refractivity contribution in [3.63, 3.8) is 0 Å². The van der Waals surface area contributed by atoms with E-state index >= 15 is 0 Å². The Hall–Kier alpha value is -2.70. The Morgan fingerprint density at radius 2 is 2.03 bits per heavy atom. The number of rotatable bonds is 6. The molecule has 7 heteroatoms. The topological polar surface area (TPSA) is 65.1 Å². The molecule has 1 saturated heterocycles. The van der Waals surface area contributed by atoms with Gasteiger partial charge in [0.15, 0.2) is 0 Å². The van der Waals surface area contributed by atoms with Crippen LogP contribution in [0.4, 0.5) is 0 Å². The van der Waals surface area contributed by atoms with Crippen LogP contribution in [-0.2, 0) is 6.42 Å². The van der Waals surface area contributed by atoms with Crippen LogP contribution in [0.25, 0.3) is 11.3 Å². The average Bonchev–Trinajstić information content (AvgIpc) is 3.28. The summed E-state index contributed by atoms with van der Waals surface area (Å²) in [5, 5.41) is 7.83. The average molecular weight is 424 g/mol. The van der Waals surface area contributed by atoms with E-state index in [2.05, 4.69) is 26.1 Å². The summed E-state index contributed by atoms with van der Waals surface area (Å²) in [5.41, 5.74) is 3.24. The highest BCUT2D eigenvalue weighted by molar-refractivity contribution is 6.30. The molecule has 0 unspecified atom stereocenters. The predicted molar refractivity (Wildman–Crippen MR) is 119 cm³/mol. The van der Waals surface area contributed by atoms with Crippen LogP contribution < -0.4 is 0 Å². The molecule has 1 N–H and O–H groups in total. The molecule has 0 aliphatic carbocycles. The third kappa shape index (κ3) is 4.89. The van der Waals surface area contributed by atoms with Crippen LogP contribution in [0.5, 0.6) is 0 Å². The monoisotopic (exact) mass is 423 g/mol. The van der Waals surface area contributed by atoms with Crippen LogP contribution in [0.15, 0.2) is 54.7 Å². The summed E-state index contributed by atoms with van der Waals surface area (Å²) < 4.78 is 0. The maximum atomic E-state index is 13.0. The summed E-state index contributed by atoms with van der Waals surface area (Å²) in [7, 11) is 1.89. The fraction of sp³-hybridized carbons (Fsp3) is 0.348. The van der Waals surface area contributed by atoms with Crippen molar-refractivity contribution < 1.29 is 4.79 Å². The molecule has 1 amide bonds. The third-order valence-corrected chi connectivity index (χ3v) is 6.00. The molecule has 1 aliphatic rings. The Labute approximate surface area is 181 Å². The SMILES string of the molecule is CN(C(=O)c1cc(-c2cccc(Cl)c2)n[nH]1)C1CCN(CCc2ccccn2)CC1. The van der Waals surface area contributed by atoms with E-state index in [1.807, 2.05) is 54.5 Å². The molecule has 30 heavy (non-hydrogen) atoms. The Balaban J connectivity index is 1.31. The number of benzene rings is 1. The molecule has 3 heterocycles. The zero-order valence-electron chi connectivity index (χ0n) is 17.1. The quantitative estimate of drug-likeness (QED) is 0.653. The molecule has 2 aromatic heterocycles. The summed E-state index contributed by atoms with van der Waals surface area (Å²) >= 11 is 6.06. The van der Waals surface area contributed by atoms with Crippen LogP contribution in [0.3, 0.4) is 0 Å². The first-order chi connectivity index (χ1) is 14.6. The number of aromatic nitrogens is 3. The summed E-state index contributed by atoms with van der Waals surface area (Å²) in [4.78, 5) is 21.7. The summed E-state index contributed by atoms with van der Waals surface area (Å²) in [6, 6.07) is 15.6. The van der Waals surface area contributed by atoms with Crippen molar-refractivity contribution in [3.05, 3.63) is 71.1 Å². The van der Waals surface area contributed by atoms with E-state index in [0.29, 0.717) is 10.7 Å². The molecule has 0 radical (unpaired) electrons. The molecule has 1 aromatic carbocycles. The molecule has 1 aliphatic heterocycles. The van der Waals surface area contributed by atoms with E-state index in [4.69, 9.17) is 11.6 Å². The van der Waals surface area contributed by atoms with Crippen LogP contribution in [0, 0.1) is 0 Å². The van der Waals surface area contributed by atoms with Gasteiger partial charge in [-0.3, -0.25) is 14.9 Å². The molecule has 0 atom stereocenters. The number of pyridine rings is 1. The molecule has 6 nitrogen and oxygen atoms in total. The standard InChI is InChI=1S/C23H26ClN5O/c1-28(20-9-13-29(14-10-20)12-8-19-7-2-3-11-25-19)23(30)22-16-21(26-27-22)17-5-4-6-18(24)15-17/h2-7,11,15-16,20H,8-10,12-14H2,1H3,(H,26,27). The number of likely N-dealkylation sites (tertiary alicyclic amines) is 1. The number of hydrogen-bond acceptors (Lipinski definition) is 4. The van der Waals surface area contributed by atoms with Gasteiger partial charge in [-0.15, -0.1) is 0 Å². The Morgan fingerprint density at radius 3 is 2.77 bits per heavy atom. The van der Waals surface area contributed by atoms with Crippen LogP contribution >= 0.6 is 11.6 Å². The Bertz CT molecular complexity index is 982. The number of aromatic amines is 1. The van der Waals surface area contributed by atoms with Gasteiger partial charge in [-0.1, -0.05) is 29.8 Å². The van der Waals surface area contributed by atoms with Gasteiger partial charge in [0.2, 0.25) is 0 Å². The van der Waals surface area contributed by atoms with Gasteiger partial charge in [0.25, 0.3) is 5.91 Å². The van der Waals surface area contributed by atoms with Crippen molar-refractivity contribution >= 4 is 17.5 Å². The first-order valence-electron chi connectivity index (χ1n) is 10.3. The van der Waals surface area contributed by atoms with E-state index < -0.39 is 0 Å². The molecule has 156 valence electrons. The second kappa shape index (κ2) is 9.41. The third-order valence-electron chi connectivity index (χ3n) is 5.76. The number of halogens is 1. The Kier molecular flexibility index (Phi) is 6.45. The molecule has 1 fully saturated rings. The molecule has 4 rings (SSSR count). The first-order valence-corrected chi connectivity index (χ1v) is 10.7. The molecular formula is C23H26ClN5O. The van der Waals surface area contributed by atoms with E-state index in [1.54, 1.807) is 6.07 Å². The van der Waals surface area contributed by atoms with E-state index in [9.17, 15) is 4.79 Å². The van der Waals surface area contributed by atoms with E-state index in [0.717, 1.165) is 55.8 Å². The molecule has 0 saturated carbocycles. The van der Waals surface area contributed by atoms with Crippen molar-refractivity contribution in [3.8, 4) is 11.3 Å². The minimum atomic E-state index is -0.0253. The summed E-state index contributed by atoms with van der Waals surface area (Å²) in [6.07, 6.45) is 4.75. The predicted octanol–water partition coefficient (Wildman–Crippen LogP) is 3.90. The first kappa shape index (κ1) is 20.6. The zero-order valence-corrected chi connectivity index (χ0v) is 17.8. The number of piperidine rings is 1. The zero-order chi connectivity index (χ0) is 20.9. The van der Waals surface area contributed by atoms with Gasteiger partial charge in [0, 0.05) is 61.6 Å². The van der Waals surface area contributed by atoms with Crippen LogP contribution in [-0.4, -0.2) is 63.6 Å². The van der Waals surface area contributed by atoms with Gasteiger partial charge in [0.05, 0.1) is 5.69 Å². The molecule has 3 aromatic rings. The van der Waals surface area contributed by atoms with Crippen molar-refractivity contribution in [2.24, 2.45) is 0 Å². The number of H-pyrrole nitrogens is 1. The van der Waals surface area contributed by atoms with Crippen molar-refractivity contribution in [1.82, 2.24) is 25.0 Å². The highest BCUT2D eigenvalue weighted by Gasteiger charge is 2.27. The maximum absolute atomic E-state index is 13.0. The van der Waals surface area contributed by atoms with Gasteiger partial charge in [0.1, 0.15) is 5.69 Å². The Morgan fingerprint density at radius 1 is 1.20 bits per heavy atom. The molecule has 0 bridgehead atoms. The lowest BCUT2D eigenvalue weighted by Crippen LogP contribution is -2.46. The van der Waals surface area contributed by atoms with Crippen LogP contribution in [0.1, 0.15) is 29.0 Å². The second-order valence-electron chi connectivity index (χ2n) is 7.74. The highest BCUT2D eigenvalue weighted by atomic mass is 35.5. The normalized spacial score (nSPS) is 15.3. The van der Waals surface area contributed by atoms with E-state index in [-0.39, 0.29) is 11.9 Å². The van der Waals surface area contributed by atoms with Crippen molar-refractivity contribution in [2.75, 3.05) is 26.7 Å². The number of carbonyl (C=O) groups excluding carboxylic acids is 1. The lowest BCUT2D eigenvalue weighted by atomic mass is 10.0. The molecular weight excluding hydrogens is 398 g/mol. The largest absolute Gasteiger partial charge is 0.337 e. The van der Waals surface area contributed by atoms with Crippen molar-refractivity contribution in [2.45, 2.75) is 25.3 Å². The van der Waals surface area contributed by atoms with E-state index in [1.165, 1.54) is 0 Å². The van der Waals surface area contributed by atoms with Gasteiger partial charge in [-0.25, -0.2) is 0 Å². The summed E-state index contributed by atoms with van der Waals surface area (Å²) in [6.45, 7) is 2.99. The summed E-state index contributed by atoms with van der Waals surface area (Å²) in [5.74, 6) is -0.0253. The van der Waals surface area contributed by atoms with Gasteiger partial charge >= 0.3 is 0 Å². The maximum Gasteiger partial charge on any atom is 0.271 e.